The Morgan fingerprint density at radius 2 is 1.97 bits per heavy atom. The highest BCUT2D eigenvalue weighted by Gasteiger charge is 2.36. The zero-order chi connectivity index (χ0) is 23.8. The van der Waals surface area contributed by atoms with E-state index >= 15 is 0 Å². The topological polar surface area (TPSA) is 84.4 Å². The molecule has 2 heterocycles. The van der Waals surface area contributed by atoms with Crippen LogP contribution in [0.4, 0.5) is 0 Å². The minimum atomic E-state index is -0.429. The Kier molecular flexibility index (Phi) is 8.38. The molecule has 1 aliphatic rings. The Hall–Kier alpha value is -3.45. The lowest BCUT2D eigenvalue weighted by Gasteiger charge is -2.38. The van der Waals surface area contributed by atoms with Gasteiger partial charge in [-0.1, -0.05) is 55.7 Å². The van der Waals surface area contributed by atoms with E-state index in [-0.39, 0.29) is 29.9 Å². The largest absolute Gasteiger partial charge is 0.466 e. The monoisotopic (exact) mass is 449 g/mol. The molecule has 1 aromatic heterocycles. The van der Waals surface area contributed by atoms with E-state index < -0.39 is 5.69 Å². The van der Waals surface area contributed by atoms with Crippen LogP contribution in [0.2, 0.25) is 0 Å². The summed E-state index contributed by atoms with van der Waals surface area (Å²) in [6.45, 7) is 11.6. The third-order valence-corrected chi connectivity index (χ3v) is 5.98. The number of hydrogen-bond acceptors (Lipinski definition) is 5. The van der Waals surface area contributed by atoms with Crippen molar-refractivity contribution in [2.75, 3.05) is 26.2 Å². The van der Waals surface area contributed by atoms with Gasteiger partial charge >= 0.3 is 11.7 Å². The normalized spacial score (nSPS) is 19.6. The molecule has 1 N–H and O–H groups in total. The number of esters is 1. The van der Waals surface area contributed by atoms with E-state index in [1.807, 2.05) is 18.2 Å². The molecule has 0 amide bonds. The van der Waals surface area contributed by atoms with Crippen molar-refractivity contribution in [2.45, 2.75) is 19.9 Å². The molecule has 0 bridgehead atoms. The van der Waals surface area contributed by atoms with Crippen LogP contribution in [0.3, 0.4) is 0 Å². The summed E-state index contributed by atoms with van der Waals surface area (Å²) in [4.78, 5) is 43.0. The van der Waals surface area contributed by atoms with E-state index in [1.165, 1.54) is 4.57 Å². The maximum absolute atomic E-state index is 12.8. The number of allylic oxidation sites excluding steroid dienone is 6. The van der Waals surface area contributed by atoms with Gasteiger partial charge in [-0.3, -0.25) is 14.2 Å². The number of para-hydroxylation sites is 1. The van der Waals surface area contributed by atoms with Crippen LogP contribution < -0.4 is 11.2 Å². The smallest absolute Gasteiger partial charge is 0.328 e. The number of hydrogen-bond donors (Lipinski definition) is 1. The number of piperidine rings is 1. The molecule has 174 valence electrons. The van der Waals surface area contributed by atoms with E-state index in [4.69, 9.17) is 4.74 Å². The minimum Gasteiger partial charge on any atom is -0.466 e. The van der Waals surface area contributed by atoms with Crippen molar-refractivity contribution < 1.29 is 9.53 Å². The number of H-pyrrole nitrogens is 1. The highest BCUT2D eigenvalue weighted by molar-refractivity contribution is 5.77. The van der Waals surface area contributed by atoms with Crippen LogP contribution in [0.5, 0.6) is 0 Å². The maximum atomic E-state index is 12.8. The number of likely N-dealkylation sites (tertiary alicyclic amines) is 1. The summed E-state index contributed by atoms with van der Waals surface area (Å²) in [5.74, 6) is -0.609. The number of nitrogens with one attached hydrogen (secondary N) is 1. The summed E-state index contributed by atoms with van der Waals surface area (Å²) >= 11 is 0. The second kappa shape index (κ2) is 11.4. The average Bonchev–Trinajstić information content (AvgIpc) is 2.82. The number of carbonyl (C=O) groups excluding carboxylic acids is 1. The van der Waals surface area contributed by atoms with Gasteiger partial charge in [-0.05, 0) is 43.5 Å². The number of nitrogens with zero attached hydrogens (tertiary/aromatic N) is 2. The van der Waals surface area contributed by atoms with Crippen LogP contribution in [0.25, 0.3) is 10.9 Å². The van der Waals surface area contributed by atoms with Crippen LogP contribution in [0.15, 0.2) is 83.0 Å². The molecule has 0 spiro atoms. The number of ether oxygens (including phenoxy) is 1. The molecule has 0 saturated carbocycles. The van der Waals surface area contributed by atoms with Crippen LogP contribution >= 0.6 is 0 Å². The first-order chi connectivity index (χ1) is 16.0. The molecule has 1 saturated heterocycles. The van der Waals surface area contributed by atoms with Gasteiger partial charge in [0.05, 0.1) is 23.4 Å². The number of aromatic nitrogens is 2. The van der Waals surface area contributed by atoms with Gasteiger partial charge < -0.3 is 14.6 Å². The first kappa shape index (κ1) is 24.2. The highest BCUT2D eigenvalue weighted by atomic mass is 16.5. The van der Waals surface area contributed by atoms with E-state index in [0.717, 1.165) is 18.5 Å². The Morgan fingerprint density at radius 1 is 1.18 bits per heavy atom. The predicted octanol–water partition coefficient (Wildman–Crippen LogP) is 3.05. The molecule has 0 radical (unpaired) electrons. The number of benzene rings is 1. The van der Waals surface area contributed by atoms with Crippen molar-refractivity contribution in [3.05, 3.63) is 94.2 Å². The Bertz CT molecular complexity index is 1190. The van der Waals surface area contributed by atoms with Crippen LogP contribution in [-0.2, 0) is 16.1 Å². The zero-order valence-corrected chi connectivity index (χ0v) is 19.0. The first-order valence-corrected chi connectivity index (χ1v) is 11.2. The lowest BCUT2D eigenvalue weighted by Crippen LogP contribution is -2.47. The van der Waals surface area contributed by atoms with Crippen molar-refractivity contribution in [3.63, 3.8) is 0 Å². The number of carbonyl (C=O) groups is 1. The standard InChI is InChI=1S/C26H31N3O4/c1-4-7-11-19(10-5-2)20-14-15-28(18-22(20)25(31)33-6-3)16-17-29-24(30)21-12-8-9-13-23(21)27-26(29)32/h4-5,7-13,20,22H,1-2,6,14-18H2,3H3,(H,27,32)/b11-7-,19-10+/t20-,22-/m1/s1. The lowest BCUT2D eigenvalue weighted by atomic mass is 9.79. The van der Waals surface area contributed by atoms with Crippen molar-refractivity contribution in [2.24, 2.45) is 11.8 Å². The van der Waals surface area contributed by atoms with Gasteiger partial charge in [-0.2, -0.15) is 0 Å². The summed E-state index contributed by atoms with van der Waals surface area (Å²) < 4.78 is 6.59. The fourth-order valence-corrected chi connectivity index (χ4v) is 4.37. The van der Waals surface area contributed by atoms with Gasteiger partial charge in [0, 0.05) is 19.6 Å². The quantitative estimate of drug-likeness (QED) is 0.470. The zero-order valence-electron chi connectivity index (χ0n) is 19.0. The van der Waals surface area contributed by atoms with Crippen molar-refractivity contribution >= 4 is 16.9 Å². The number of fused-ring (bicyclic) bond motifs is 1. The van der Waals surface area contributed by atoms with Gasteiger partial charge in [0.2, 0.25) is 0 Å². The molecule has 1 aromatic carbocycles. The molecule has 7 heteroatoms. The van der Waals surface area contributed by atoms with Crippen molar-refractivity contribution in [1.29, 1.82) is 0 Å². The summed E-state index contributed by atoms with van der Waals surface area (Å²) in [7, 11) is 0. The molecule has 3 rings (SSSR count). The van der Waals surface area contributed by atoms with Crippen LogP contribution in [0, 0.1) is 11.8 Å². The van der Waals surface area contributed by atoms with E-state index in [2.05, 4.69) is 23.0 Å². The van der Waals surface area contributed by atoms with Gasteiger partial charge in [0.15, 0.2) is 0 Å². The van der Waals surface area contributed by atoms with Gasteiger partial charge in [0.25, 0.3) is 5.56 Å². The average molecular weight is 450 g/mol. The fourth-order valence-electron chi connectivity index (χ4n) is 4.37. The second-order valence-corrected chi connectivity index (χ2v) is 7.98. The van der Waals surface area contributed by atoms with E-state index in [1.54, 1.807) is 43.3 Å². The summed E-state index contributed by atoms with van der Waals surface area (Å²) in [5.41, 5.74) is 0.795. The van der Waals surface area contributed by atoms with E-state index in [0.29, 0.717) is 30.6 Å². The first-order valence-electron chi connectivity index (χ1n) is 11.2. The fraction of sp³-hybridized carbons (Fsp3) is 0.346. The molecule has 1 aliphatic heterocycles. The Labute approximate surface area is 193 Å². The Morgan fingerprint density at radius 3 is 2.70 bits per heavy atom. The van der Waals surface area contributed by atoms with Crippen molar-refractivity contribution in [3.8, 4) is 0 Å². The minimum absolute atomic E-state index is 0.0127. The molecule has 1 fully saturated rings. The van der Waals surface area contributed by atoms with Crippen LogP contribution in [0.1, 0.15) is 13.3 Å². The molecule has 33 heavy (non-hydrogen) atoms. The van der Waals surface area contributed by atoms with E-state index in [9.17, 15) is 14.4 Å². The summed E-state index contributed by atoms with van der Waals surface area (Å²) in [6.07, 6.45) is 9.88. The number of aromatic amines is 1. The predicted molar refractivity (Wildman–Crippen MR) is 131 cm³/mol. The third kappa shape index (κ3) is 5.68. The van der Waals surface area contributed by atoms with Gasteiger partial charge in [-0.15, -0.1) is 0 Å². The lowest BCUT2D eigenvalue weighted by molar-refractivity contribution is -0.151. The second-order valence-electron chi connectivity index (χ2n) is 7.98. The molecule has 7 nitrogen and oxygen atoms in total. The summed E-state index contributed by atoms with van der Waals surface area (Å²) in [5, 5.41) is 0.480. The van der Waals surface area contributed by atoms with Crippen molar-refractivity contribution in [1.82, 2.24) is 14.5 Å². The van der Waals surface area contributed by atoms with Gasteiger partial charge in [0.1, 0.15) is 0 Å². The summed E-state index contributed by atoms with van der Waals surface area (Å²) in [6, 6.07) is 6.97. The molecule has 2 aromatic rings. The Balaban J connectivity index is 1.80. The van der Waals surface area contributed by atoms with Crippen LogP contribution in [-0.4, -0.2) is 46.7 Å². The molecule has 0 aliphatic carbocycles. The highest BCUT2D eigenvalue weighted by Crippen LogP contribution is 2.32. The molecular weight excluding hydrogens is 418 g/mol. The third-order valence-electron chi connectivity index (χ3n) is 5.98. The van der Waals surface area contributed by atoms with Gasteiger partial charge in [-0.25, -0.2) is 4.79 Å². The number of rotatable bonds is 9. The molecular formula is C26H31N3O4. The SMILES string of the molecule is C=C/C=C\C(=C/C=C)[C@H]1CCN(CCn2c(=O)[nH]c3ccccc3c2=O)C[C@H]1C(=O)OCC. The maximum Gasteiger partial charge on any atom is 0.328 e. The molecule has 2 atom stereocenters. The molecule has 0 unspecified atom stereocenters.